The fourth-order valence-corrected chi connectivity index (χ4v) is 4.08. The Kier molecular flexibility index (Phi) is 5.47. The highest BCUT2D eigenvalue weighted by atomic mass is 35.5. The lowest BCUT2D eigenvalue weighted by molar-refractivity contribution is 0.102. The number of rotatable bonds is 4. The number of nitrogens with zero attached hydrogens (tertiary/aromatic N) is 4. The fraction of sp³-hybridized carbons (Fsp3) is 0.0769. The molecule has 2 aromatic heterocycles. The number of carbonyl (C=O) groups is 1. The zero-order valence-electron chi connectivity index (χ0n) is 18.5. The van der Waals surface area contributed by atoms with E-state index in [0.717, 1.165) is 11.4 Å². The van der Waals surface area contributed by atoms with Crippen molar-refractivity contribution < 1.29 is 4.79 Å². The van der Waals surface area contributed by atoms with Crippen molar-refractivity contribution in [1.29, 1.82) is 0 Å². The molecular formula is C26H20ClN5O2. The maximum atomic E-state index is 13.0. The van der Waals surface area contributed by atoms with Gasteiger partial charge in [0.25, 0.3) is 11.5 Å². The average molecular weight is 470 g/mol. The molecule has 0 saturated carbocycles. The summed E-state index contributed by atoms with van der Waals surface area (Å²) in [5.41, 5.74) is 3.08. The number of aromatic nitrogens is 4. The van der Waals surface area contributed by atoms with Gasteiger partial charge in [0, 0.05) is 16.7 Å². The molecule has 1 amide bonds. The molecule has 0 bridgehead atoms. The van der Waals surface area contributed by atoms with Crippen LogP contribution in [0.1, 0.15) is 21.9 Å². The van der Waals surface area contributed by atoms with Crippen LogP contribution in [0, 0.1) is 13.8 Å². The molecule has 0 aliphatic heterocycles. The summed E-state index contributed by atoms with van der Waals surface area (Å²) >= 11 is 6.12. The van der Waals surface area contributed by atoms with Crippen molar-refractivity contribution in [2.75, 3.05) is 5.32 Å². The maximum Gasteiger partial charge on any atom is 0.265 e. The summed E-state index contributed by atoms with van der Waals surface area (Å²) in [6.07, 6.45) is 0. The number of aryl methyl sites for hydroxylation is 2. The molecule has 0 spiro atoms. The summed E-state index contributed by atoms with van der Waals surface area (Å²) in [5.74, 6) is 0.803. The number of hydrogen-bond donors (Lipinski definition) is 1. The molecule has 0 atom stereocenters. The standard InChI is InChI=1S/C26H20ClN5O2/c1-16-14-24(32(30-16)21-7-5-6-19(27)15-21)29-25(33)18-10-12-20(13-11-18)31-17(2)28-23-9-4-3-8-22(23)26(31)34/h3-15H,1-2H3,(H,29,33). The minimum absolute atomic E-state index is 0.152. The number of hydrogen-bond acceptors (Lipinski definition) is 4. The molecule has 8 heteroatoms. The lowest BCUT2D eigenvalue weighted by Gasteiger charge is -2.12. The molecule has 3 aromatic carbocycles. The van der Waals surface area contributed by atoms with E-state index in [0.29, 0.717) is 38.8 Å². The van der Waals surface area contributed by atoms with E-state index in [-0.39, 0.29) is 11.5 Å². The highest BCUT2D eigenvalue weighted by molar-refractivity contribution is 6.30. The second-order valence-electron chi connectivity index (χ2n) is 7.88. The van der Waals surface area contributed by atoms with Crippen LogP contribution in [0.2, 0.25) is 5.02 Å². The number of carbonyl (C=O) groups excluding carboxylic acids is 1. The van der Waals surface area contributed by atoms with Crippen molar-refractivity contribution in [3.05, 3.63) is 111 Å². The number of fused-ring (bicyclic) bond motifs is 1. The molecule has 1 N–H and O–H groups in total. The van der Waals surface area contributed by atoms with Crippen LogP contribution in [0.4, 0.5) is 5.82 Å². The highest BCUT2D eigenvalue weighted by Crippen LogP contribution is 2.21. The molecule has 168 valence electrons. The van der Waals surface area contributed by atoms with Crippen molar-refractivity contribution in [3.63, 3.8) is 0 Å². The quantitative estimate of drug-likeness (QED) is 0.397. The molecule has 0 aliphatic rings. The van der Waals surface area contributed by atoms with E-state index in [1.165, 1.54) is 0 Å². The third-order valence-electron chi connectivity index (χ3n) is 5.46. The zero-order valence-corrected chi connectivity index (χ0v) is 19.2. The summed E-state index contributed by atoms with van der Waals surface area (Å²) in [5, 5.41) is 8.49. The molecule has 2 heterocycles. The monoisotopic (exact) mass is 469 g/mol. The average Bonchev–Trinajstić information content (AvgIpc) is 3.19. The Balaban J connectivity index is 1.44. The Morgan fingerprint density at radius 2 is 1.68 bits per heavy atom. The van der Waals surface area contributed by atoms with Crippen molar-refractivity contribution in [2.24, 2.45) is 0 Å². The number of nitrogens with one attached hydrogen (secondary N) is 1. The largest absolute Gasteiger partial charge is 0.306 e. The van der Waals surface area contributed by atoms with Gasteiger partial charge in [0.2, 0.25) is 0 Å². The Hall–Kier alpha value is -4.23. The van der Waals surface area contributed by atoms with Crippen LogP contribution in [0.15, 0.2) is 83.7 Å². The highest BCUT2D eigenvalue weighted by Gasteiger charge is 2.14. The van der Waals surface area contributed by atoms with Gasteiger partial charge >= 0.3 is 0 Å². The Labute approximate surface area is 200 Å². The third-order valence-corrected chi connectivity index (χ3v) is 5.69. The van der Waals surface area contributed by atoms with E-state index < -0.39 is 0 Å². The summed E-state index contributed by atoms with van der Waals surface area (Å²) in [7, 11) is 0. The van der Waals surface area contributed by atoms with Gasteiger partial charge in [-0.25, -0.2) is 9.67 Å². The molecule has 0 unspecified atom stereocenters. The first-order valence-electron chi connectivity index (χ1n) is 10.6. The van der Waals surface area contributed by atoms with Crippen molar-refractivity contribution in [2.45, 2.75) is 13.8 Å². The lowest BCUT2D eigenvalue weighted by Crippen LogP contribution is -2.22. The smallest absolute Gasteiger partial charge is 0.265 e. The van der Waals surface area contributed by atoms with Gasteiger partial charge in [-0.05, 0) is 68.4 Å². The summed E-state index contributed by atoms with van der Waals surface area (Å²) < 4.78 is 3.18. The van der Waals surface area contributed by atoms with Gasteiger partial charge in [0.1, 0.15) is 11.6 Å². The fourth-order valence-electron chi connectivity index (χ4n) is 3.89. The number of para-hydroxylation sites is 1. The molecule has 0 fully saturated rings. The summed E-state index contributed by atoms with van der Waals surface area (Å²) in [4.78, 5) is 30.5. The predicted octanol–water partition coefficient (Wildman–Crippen LogP) is 5.09. The van der Waals surface area contributed by atoms with Crippen molar-refractivity contribution >= 4 is 34.2 Å². The van der Waals surface area contributed by atoms with Gasteiger partial charge in [-0.1, -0.05) is 29.8 Å². The minimum atomic E-state index is -0.296. The van der Waals surface area contributed by atoms with E-state index in [4.69, 9.17) is 11.6 Å². The Morgan fingerprint density at radius 3 is 2.44 bits per heavy atom. The maximum absolute atomic E-state index is 13.0. The second kappa shape index (κ2) is 8.61. The lowest BCUT2D eigenvalue weighted by atomic mass is 10.1. The zero-order chi connectivity index (χ0) is 23.8. The van der Waals surface area contributed by atoms with E-state index in [2.05, 4.69) is 15.4 Å². The molecule has 34 heavy (non-hydrogen) atoms. The van der Waals surface area contributed by atoms with Crippen LogP contribution >= 0.6 is 11.6 Å². The van der Waals surface area contributed by atoms with Gasteiger partial charge in [0.15, 0.2) is 0 Å². The second-order valence-corrected chi connectivity index (χ2v) is 8.32. The van der Waals surface area contributed by atoms with E-state index in [1.807, 2.05) is 37.3 Å². The van der Waals surface area contributed by atoms with Gasteiger partial charge < -0.3 is 5.32 Å². The Bertz CT molecular complexity index is 1600. The molecule has 0 aliphatic carbocycles. The van der Waals surface area contributed by atoms with Gasteiger partial charge in [-0.2, -0.15) is 5.10 Å². The van der Waals surface area contributed by atoms with Crippen molar-refractivity contribution in [3.8, 4) is 11.4 Å². The van der Waals surface area contributed by atoms with E-state index in [1.54, 1.807) is 64.7 Å². The van der Waals surface area contributed by atoms with E-state index >= 15 is 0 Å². The van der Waals surface area contributed by atoms with E-state index in [9.17, 15) is 9.59 Å². The van der Waals surface area contributed by atoms with Crippen LogP contribution in [0.5, 0.6) is 0 Å². The molecule has 5 rings (SSSR count). The van der Waals surface area contributed by atoms with Gasteiger partial charge in [-0.15, -0.1) is 0 Å². The first-order chi connectivity index (χ1) is 16.4. The van der Waals surface area contributed by atoms with Crippen LogP contribution in [0.3, 0.4) is 0 Å². The third kappa shape index (κ3) is 3.97. The molecule has 0 saturated heterocycles. The summed E-state index contributed by atoms with van der Waals surface area (Å²) in [6, 6.07) is 23.1. The predicted molar refractivity (Wildman–Crippen MR) is 133 cm³/mol. The minimum Gasteiger partial charge on any atom is -0.306 e. The summed E-state index contributed by atoms with van der Waals surface area (Å²) in [6.45, 7) is 3.64. The molecule has 7 nitrogen and oxygen atoms in total. The molecule has 0 radical (unpaired) electrons. The molecular weight excluding hydrogens is 450 g/mol. The number of amides is 1. The molecule has 5 aromatic rings. The topological polar surface area (TPSA) is 81.8 Å². The number of halogens is 1. The number of benzene rings is 3. The number of anilines is 1. The van der Waals surface area contributed by atoms with Crippen molar-refractivity contribution in [1.82, 2.24) is 19.3 Å². The first kappa shape index (κ1) is 21.6. The first-order valence-corrected chi connectivity index (χ1v) is 11.0. The van der Waals surface area contributed by atoms with Crippen LogP contribution in [-0.4, -0.2) is 25.2 Å². The Morgan fingerprint density at radius 1 is 0.912 bits per heavy atom. The van der Waals surface area contributed by atoms with Gasteiger partial charge in [0.05, 0.1) is 28.0 Å². The van der Waals surface area contributed by atoms with Gasteiger partial charge in [-0.3, -0.25) is 14.2 Å². The SMILES string of the molecule is Cc1cc(NC(=O)c2ccc(-n3c(C)nc4ccccc4c3=O)cc2)n(-c2cccc(Cl)c2)n1. The van der Waals surface area contributed by atoms with Crippen LogP contribution < -0.4 is 10.9 Å². The van der Waals surface area contributed by atoms with Crippen LogP contribution in [-0.2, 0) is 0 Å². The normalized spacial score (nSPS) is 11.0. The van der Waals surface area contributed by atoms with Crippen LogP contribution in [0.25, 0.3) is 22.3 Å².